The Balaban J connectivity index is 2.08. The van der Waals surface area contributed by atoms with Crippen LogP contribution in [0.5, 0.6) is 5.75 Å². The maximum absolute atomic E-state index is 12.0. The van der Waals surface area contributed by atoms with Crippen molar-refractivity contribution in [3.8, 4) is 5.75 Å². The number of pyridine rings is 1. The second-order valence-corrected chi connectivity index (χ2v) is 4.51. The third-order valence-corrected chi connectivity index (χ3v) is 3.03. The summed E-state index contributed by atoms with van der Waals surface area (Å²) in [5, 5.41) is 12.7. The fraction of sp³-hybridized carbons (Fsp3) is 0.0588. The van der Waals surface area contributed by atoms with Gasteiger partial charge in [-0.25, -0.2) is 0 Å². The van der Waals surface area contributed by atoms with Crippen molar-refractivity contribution in [1.29, 1.82) is 0 Å². The molecule has 2 N–H and O–H groups in total. The van der Waals surface area contributed by atoms with Crippen LogP contribution in [0.2, 0.25) is 0 Å². The Bertz CT molecular complexity index is 678. The van der Waals surface area contributed by atoms with E-state index in [-0.39, 0.29) is 11.7 Å². The number of carbonyl (C=O) groups excluding carboxylic acids is 1. The number of amides is 1. The fourth-order valence-electron chi connectivity index (χ4n) is 1.84. The van der Waals surface area contributed by atoms with E-state index >= 15 is 0 Å². The molecule has 0 aliphatic heterocycles. The van der Waals surface area contributed by atoms with Crippen molar-refractivity contribution in [2.75, 3.05) is 0 Å². The summed E-state index contributed by atoms with van der Waals surface area (Å²) < 4.78 is 0. The van der Waals surface area contributed by atoms with Gasteiger partial charge < -0.3 is 10.4 Å². The number of phenolic OH excluding ortho intramolecular Hbond substituents is 1. The van der Waals surface area contributed by atoms with E-state index in [9.17, 15) is 9.90 Å². The van der Waals surface area contributed by atoms with E-state index < -0.39 is 0 Å². The molecular formula is C17H16N2O2. The number of phenols is 1. The number of hydrogen-bond donors (Lipinski definition) is 2. The molecule has 106 valence electrons. The zero-order valence-corrected chi connectivity index (χ0v) is 11.5. The molecular weight excluding hydrogens is 264 g/mol. The van der Waals surface area contributed by atoms with Gasteiger partial charge >= 0.3 is 0 Å². The van der Waals surface area contributed by atoms with E-state index in [1.807, 2.05) is 12.1 Å². The zero-order valence-electron chi connectivity index (χ0n) is 11.5. The molecule has 0 spiro atoms. The Morgan fingerprint density at radius 3 is 2.81 bits per heavy atom. The summed E-state index contributed by atoms with van der Waals surface area (Å²) in [7, 11) is 0. The second kappa shape index (κ2) is 6.52. The Hall–Kier alpha value is -2.88. The van der Waals surface area contributed by atoms with E-state index in [4.69, 9.17) is 0 Å². The van der Waals surface area contributed by atoms with Crippen LogP contribution in [0.25, 0.3) is 5.57 Å². The molecule has 4 heteroatoms. The van der Waals surface area contributed by atoms with E-state index in [1.165, 1.54) is 6.07 Å². The molecule has 2 rings (SSSR count). The van der Waals surface area contributed by atoms with Gasteiger partial charge in [-0.2, -0.15) is 0 Å². The smallest absolute Gasteiger partial charge is 0.251 e. The molecule has 1 aromatic carbocycles. The van der Waals surface area contributed by atoms with Crippen molar-refractivity contribution < 1.29 is 9.90 Å². The molecule has 4 nitrogen and oxygen atoms in total. The highest BCUT2D eigenvalue weighted by Crippen LogP contribution is 2.25. The summed E-state index contributed by atoms with van der Waals surface area (Å²) in [5.74, 6) is -0.251. The average molecular weight is 280 g/mol. The number of hydrogen-bond acceptors (Lipinski definition) is 3. The van der Waals surface area contributed by atoms with E-state index in [0.717, 1.165) is 5.56 Å². The predicted octanol–water partition coefficient (Wildman–Crippen LogP) is 2.92. The maximum Gasteiger partial charge on any atom is 0.251 e. The van der Waals surface area contributed by atoms with E-state index in [1.54, 1.807) is 30.6 Å². The lowest BCUT2D eigenvalue weighted by atomic mass is 10.0. The number of carbonyl (C=O) groups is 1. The second-order valence-electron chi connectivity index (χ2n) is 4.51. The van der Waals surface area contributed by atoms with Gasteiger partial charge in [0.25, 0.3) is 5.91 Å². The summed E-state index contributed by atoms with van der Waals surface area (Å²) in [4.78, 5) is 16.0. The molecule has 0 fully saturated rings. The van der Waals surface area contributed by atoms with Crippen LogP contribution in [0.3, 0.4) is 0 Å². The molecule has 0 atom stereocenters. The Kier molecular flexibility index (Phi) is 4.51. The number of allylic oxidation sites excluding steroid dienone is 2. The summed E-state index contributed by atoms with van der Waals surface area (Å²) in [6.07, 6.45) is 4.92. The first-order chi connectivity index (χ1) is 10.1. The lowest BCUT2D eigenvalue weighted by molar-refractivity contribution is 0.0950. The molecule has 0 unspecified atom stereocenters. The Labute approximate surface area is 123 Å². The topological polar surface area (TPSA) is 62.2 Å². The third-order valence-electron chi connectivity index (χ3n) is 3.03. The van der Waals surface area contributed by atoms with E-state index in [2.05, 4.69) is 23.5 Å². The number of rotatable bonds is 5. The van der Waals surface area contributed by atoms with Crippen LogP contribution in [-0.2, 0) is 6.54 Å². The molecule has 0 radical (unpaired) electrons. The Morgan fingerprint density at radius 1 is 1.38 bits per heavy atom. The molecule has 0 bridgehead atoms. The van der Waals surface area contributed by atoms with Gasteiger partial charge in [-0.1, -0.05) is 25.3 Å². The minimum absolute atomic E-state index is 0.00827. The minimum Gasteiger partial charge on any atom is -0.507 e. The summed E-state index contributed by atoms with van der Waals surface area (Å²) in [6, 6.07) is 8.40. The average Bonchev–Trinajstić information content (AvgIpc) is 2.52. The molecule has 2 aromatic rings. The number of aromatic hydroxyl groups is 1. The van der Waals surface area contributed by atoms with Gasteiger partial charge in [0.05, 0.1) is 0 Å². The fourth-order valence-corrected chi connectivity index (χ4v) is 1.84. The van der Waals surface area contributed by atoms with E-state index in [0.29, 0.717) is 23.2 Å². The SMILES string of the molecule is C=CC(=C)c1ccc(C(=O)NCc2cccnc2)cc1O. The van der Waals surface area contributed by atoms with Crippen molar-refractivity contribution >= 4 is 11.5 Å². The number of aromatic nitrogens is 1. The monoisotopic (exact) mass is 280 g/mol. The standard InChI is InChI=1S/C17H16N2O2/c1-3-12(2)15-7-6-14(9-16(15)20)17(21)19-11-13-5-4-8-18-10-13/h3-10,20H,1-2,11H2,(H,19,21). The van der Waals surface area contributed by atoms with Crippen molar-refractivity contribution in [2.24, 2.45) is 0 Å². The Morgan fingerprint density at radius 2 is 2.19 bits per heavy atom. The van der Waals surface area contributed by atoms with Gasteiger partial charge in [-0.3, -0.25) is 9.78 Å². The van der Waals surface area contributed by atoms with Crippen LogP contribution < -0.4 is 5.32 Å². The van der Waals surface area contributed by atoms with Crippen LogP contribution in [0.1, 0.15) is 21.5 Å². The maximum atomic E-state index is 12.0. The van der Waals surface area contributed by atoms with Gasteiger partial charge in [0, 0.05) is 30.1 Å². The first kappa shape index (κ1) is 14.5. The first-order valence-electron chi connectivity index (χ1n) is 6.43. The molecule has 0 aliphatic rings. The highest BCUT2D eigenvalue weighted by Gasteiger charge is 2.09. The highest BCUT2D eigenvalue weighted by molar-refractivity contribution is 5.95. The van der Waals surface area contributed by atoms with Crippen LogP contribution in [-0.4, -0.2) is 16.0 Å². The van der Waals surface area contributed by atoms with Crippen molar-refractivity contribution in [1.82, 2.24) is 10.3 Å². The van der Waals surface area contributed by atoms with Crippen molar-refractivity contribution in [2.45, 2.75) is 6.54 Å². The molecule has 1 amide bonds. The van der Waals surface area contributed by atoms with Gasteiger partial charge in [-0.15, -0.1) is 0 Å². The molecule has 0 saturated carbocycles. The predicted molar refractivity (Wildman–Crippen MR) is 82.7 cm³/mol. The number of nitrogens with one attached hydrogen (secondary N) is 1. The van der Waals surface area contributed by atoms with Gasteiger partial charge in [0.15, 0.2) is 0 Å². The molecule has 21 heavy (non-hydrogen) atoms. The number of nitrogens with zero attached hydrogens (tertiary/aromatic N) is 1. The number of benzene rings is 1. The normalized spacial score (nSPS) is 9.90. The van der Waals surface area contributed by atoms with Crippen LogP contribution >= 0.6 is 0 Å². The summed E-state index contributed by atoms with van der Waals surface area (Å²) in [6.45, 7) is 7.76. The van der Waals surface area contributed by atoms with Crippen LogP contribution in [0.4, 0.5) is 0 Å². The molecule has 1 aromatic heterocycles. The summed E-state index contributed by atoms with van der Waals surface area (Å²) >= 11 is 0. The largest absolute Gasteiger partial charge is 0.507 e. The van der Waals surface area contributed by atoms with Crippen molar-refractivity contribution in [3.05, 3.63) is 78.6 Å². The zero-order chi connectivity index (χ0) is 15.2. The summed E-state index contributed by atoms with van der Waals surface area (Å²) in [5.41, 5.74) is 2.47. The van der Waals surface area contributed by atoms with Gasteiger partial charge in [0.2, 0.25) is 0 Å². The highest BCUT2D eigenvalue weighted by atomic mass is 16.3. The lowest BCUT2D eigenvalue weighted by Gasteiger charge is -2.08. The van der Waals surface area contributed by atoms with Crippen molar-refractivity contribution in [3.63, 3.8) is 0 Å². The quantitative estimate of drug-likeness (QED) is 0.828. The van der Waals surface area contributed by atoms with Crippen LogP contribution in [0, 0.1) is 0 Å². The van der Waals surface area contributed by atoms with Gasteiger partial charge in [0.1, 0.15) is 5.75 Å². The molecule has 1 heterocycles. The minimum atomic E-state index is -0.259. The molecule has 0 aliphatic carbocycles. The first-order valence-corrected chi connectivity index (χ1v) is 6.43. The van der Waals surface area contributed by atoms with Crippen LogP contribution in [0.15, 0.2) is 62.0 Å². The van der Waals surface area contributed by atoms with Gasteiger partial charge in [-0.05, 0) is 35.4 Å². The third kappa shape index (κ3) is 3.57. The molecule has 0 saturated heterocycles. The lowest BCUT2D eigenvalue weighted by Crippen LogP contribution is -2.22.